The molecule has 0 aromatic carbocycles. The first-order chi connectivity index (χ1) is 7.50. The van der Waals surface area contributed by atoms with Crippen molar-refractivity contribution in [2.75, 3.05) is 13.1 Å². The number of hydrogen-bond acceptors (Lipinski definition) is 2. The molecule has 0 spiro atoms. The summed E-state index contributed by atoms with van der Waals surface area (Å²) >= 11 is 0. The van der Waals surface area contributed by atoms with E-state index in [1.54, 1.807) is 0 Å². The molecule has 0 radical (unpaired) electrons. The second-order valence-electron chi connectivity index (χ2n) is 6.51. The number of hydrogen-bond donors (Lipinski definition) is 1. The summed E-state index contributed by atoms with van der Waals surface area (Å²) in [6.45, 7) is 12.1. The smallest absolute Gasteiger partial charge is 0.0156 e. The summed E-state index contributed by atoms with van der Waals surface area (Å²) < 4.78 is 0. The van der Waals surface area contributed by atoms with Gasteiger partial charge in [-0.3, -0.25) is 4.90 Å². The predicted octanol–water partition coefficient (Wildman–Crippen LogP) is 2.64. The largest absolute Gasteiger partial charge is 0.314 e. The zero-order valence-corrected chi connectivity index (χ0v) is 11.4. The number of rotatable bonds is 5. The van der Waals surface area contributed by atoms with Crippen LogP contribution in [0.3, 0.4) is 0 Å². The topological polar surface area (TPSA) is 15.3 Å². The van der Waals surface area contributed by atoms with E-state index >= 15 is 0 Å². The van der Waals surface area contributed by atoms with E-state index in [0.29, 0.717) is 11.6 Å². The molecular weight excluding hydrogens is 196 g/mol. The average molecular weight is 224 g/mol. The molecular formula is C14H28N2. The van der Waals surface area contributed by atoms with E-state index < -0.39 is 0 Å². The SMILES string of the molecule is CC(CNC1CC1)C(C)N1CCCC1(C)C. The van der Waals surface area contributed by atoms with Crippen molar-refractivity contribution in [3.05, 3.63) is 0 Å². The lowest BCUT2D eigenvalue weighted by Crippen LogP contribution is -2.48. The Labute approximate surface area is 101 Å². The molecule has 94 valence electrons. The van der Waals surface area contributed by atoms with Gasteiger partial charge in [0.2, 0.25) is 0 Å². The Hall–Kier alpha value is -0.0800. The monoisotopic (exact) mass is 224 g/mol. The van der Waals surface area contributed by atoms with Crippen LogP contribution in [0, 0.1) is 5.92 Å². The maximum absolute atomic E-state index is 3.66. The Morgan fingerprint density at radius 1 is 1.31 bits per heavy atom. The molecule has 2 unspecified atom stereocenters. The fourth-order valence-electron chi connectivity index (χ4n) is 3.00. The third kappa shape index (κ3) is 2.78. The molecule has 1 aliphatic carbocycles. The molecule has 1 aliphatic heterocycles. The summed E-state index contributed by atoms with van der Waals surface area (Å²) in [6.07, 6.45) is 5.53. The summed E-state index contributed by atoms with van der Waals surface area (Å²) in [4.78, 5) is 2.71. The van der Waals surface area contributed by atoms with Gasteiger partial charge in [-0.05, 0) is 65.5 Å². The quantitative estimate of drug-likeness (QED) is 0.772. The second kappa shape index (κ2) is 4.66. The minimum atomic E-state index is 0.424. The summed E-state index contributed by atoms with van der Waals surface area (Å²) in [5.41, 5.74) is 0.424. The Kier molecular flexibility index (Phi) is 3.60. The maximum Gasteiger partial charge on any atom is 0.0156 e. The predicted molar refractivity (Wildman–Crippen MR) is 69.7 cm³/mol. The highest BCUT2D eigenvalue weighted by molar-refractivity contribution is 4.93. The molecule has 0 bridgehead atoms. The van der Waals surface area contributed by atoms with Crippen molar-refractivity contribution in [1.29, 1.82) is 0 Å². The first-order valence-electron chi connectivity index (χ1n) is 7.01. The van der Waals surface area contributed by atoms with E-state index in [1.165, 1.54) is 38.8 Å². The summed E-state index contributed by atoms with van der Waals surface area (Å²) in [5.74, 6) is 0.762. The fourth-order valence-corrected chi connectivity index (χ4v) is 3.00. The molecule has 1 heterocycles. The van der Waals surface area contributed by atoms with Gasteiger partial charge in [0, 0.05) is 17.6 Å². The Morgan fingerprint density at radius 2 is 2.00 bits per heavy atom. The molecule has 2 heteroatoms. The molecule has 16 heavy (non-hydrogen) atoms. The standard InChI is InChI=1S/C14H28N2/c1-11(10-15-13-6-7-13)12(2)16-9-5-8-14(16,3)4/h11-13,15H,5-10H2,1-4H3. The van der Waals surface area contributed by atoms with Crippen molar-refractivity contribution >= 4 is 0 Å². The first kappa shape index (κ1) is 12.4. The molecule has 0 aromatic heterocycles. The molecule has 0 amide bonds. The molecule has 2 rings (SSSR count). The van der Waals surface area contributed by atoms with E-state index in [1.807, 2.05) is 0 Å². The highest BCUT2D eigenvalue weighted by Crippen LogP contribution is 2.32. The minimum Gasteiger partial charge on any atom is -0.314 e. The highest BCUT2D eigenvalue weighted by atomic mass is 15.2. The van der Waals surface area contributed by atoms with Gasteiger partial charge in [-0.25, -0.2) is 0 Å². The molecule has 1 saturated carbocycles. The van der Waals surface area contributed by atoms with Crippen molar-refractivity contribution < 1.29 is 0 Å². The minimum absolute atomic E-state index is 0.424. The molecule has 1 saturated heterocycles. The van der Waals surface area contributed by atoms with Crippen LogP contribution in [0.2, 0.25) is 0 Å². The second-order valence-corrected chi connectivity index (χ2v) is 6.51. The molecule has 2 atom stereocenters. The molecule has 1 N–H and O–H groups in total. The van der Waals surface area contributed by atoms with Gasteiger partial charge in [0.15, 0.2) is 0 Å². The number of nitrogens with one attached hydrogen (secondary N) is 1. The first-order valence-corrected chi connectivity index (χ1v) is 7.01. The van der Waals surface area contributed by atoms with E-state index in [0.717, 1.165) is 12.0 Å². The van der Waals surface area contributed by atoms with Crippen LogP contribution < -0.4 is 5.32 Å². The Balaban J connectivity index is 1.82. The fraction of sp³-hybridized carbons (Fsp3) is 1.00. The van der Waals surface area contributed by atoms with Gasteiger partial charge in [-0.1, -0.05) is 6.92 Å². The highest BCUT2D eigenvalue weighted by Gasteiger charge is 2.36. The lowest BCUT2D eigenvalue weighted by Gasteiger charge is -2.39. The van der Waals surface area contributed by atoms with Crippen molar-refractivity contribution in [2.45, 2.75) is 71.0 Å². The molecule has 2 nitrogen and oxygen atoms in total. The molecule has 0 aromatic rings. The summed E-state index contributed by atoms with van der Waals surface area (Å²) in [6, 6.07) is 1.56. The lowest BCUT2D eigenvalue weighted by molar-refractivity contribution is 0.0916. The number of nitrogens with zero attached hydrogens (tertiary/aromatic N) is 1. The van der Waals surface area contributed by atoms with Crippen molar-refractivity contribution in [3.63, 3.8) is 0 Å². The lowest BCUT2D eigenvalue weighted by atomic mass is 9.95. The molecule has 2 aliphatic rings. The van der Waals surface area contributed by atoms with E-state index in [4.69, 9.17) is 0 Å². The van der Waals surface area contributed by atoms with Gasteiger partial charge >= 0.3 is 0 Å². The van der Waals surface area contributed by atoms with Gasteiger partial charge in [0.05, 0.1) is 0 Å². The van der Waals surface area contributed by atoms with E-state index in [-0.39, 0.29) is 0 Å². The zero-order chi connectivity index (χ0) is 11.8. The average Bonchev–Trinajstić information content (AvgIpc) is 2.98. The maximum atomic E-state index is 3.66. The van der Waals surface area contributed by atoms with Gasteiger partial charge in [-0.15, -0.1) is 0 Å². The van der Waals surface area contributed by atoms with Crippen molar-refractivity contribution in [1.82, 2.24) is 10.2 Å². The number of likely N-dealkylation sites (tertiary alicyclic amines) is 1. The van der Waals surface area contributed by atoms with Gasteiger partial charge < -0.3 is 5.32 Å². The van der Waals surface area contributed by atoms with Gasteiger partial charge in [0.25, 0.3) is 0 Å². The Morgan fingerprint density at radius 3 is 2.50 bits per heavy atom. The van der Waals surface area contributed by atoms with Crippen LogP contribution in [0.25, 0.3) is 0 Å². The van der Waals surface area contributed by atoms with Crippen molar-refractivity contribution in [3.8, 4) is 0 Å². The third-order valence-corrected chi connectivity index (χ3v) is 4.59. The van der Waals surface area contributed by atoms with E-state index in [2.05, 4.69) is 37.9 Å². The third-order valence-electron chi connectivity index (χ3n) is 4.59. The van der Waals surface area contributed by atoms with Crippen LogP contribution >= 0.6 is 0 Å². The van der Waals surface area contributed by atoms with Gasteiger partial charge in [-0.2, -0.15) is 0 Å². The zero-order valence-electron chi connectivity index (χ0n) is 11.4. The van der Waals surface area contributed by atoms with Crippen LogP contribution in [0.1, 0.15) is 53.4 Å². The van der Waals surface area contributed by atoms with Crippen LogP contribution in [-0.4, -0.2) is 35.6 Å². The normalized spacial score (nSPS) is 29.2. The molecule has 2 fully saturated rings. The van der Waals surface area contributed by atoms with Crippen LogP contribution in [0.4, 0.5) is 0 Å². The van der Waals surface area contributed by atoms with Crippen molar-refractivity contribution in [2.24, 2.45) is 5.92 Å². The Bertz CT molecular complexity index is 233. The van der Waals surface area contributed by atoms with Crippen LogP contribution in [0.15, 0.2) is 0 Å². The summed E-state index contributed by atoms with van der Waals surface area (Å²) in [7, 11) is 0. The van der Waals surface area contributed by atoms with Gasteiger partial charge in [0.1, 0.15) is 0 Å². The summed E-state index contributed by atoms with van der Waals surface area (Å²) in [5, 5.41) is 3.66. The van der Waals surface area contributed by atoms with Crippen LogP contribution in [-0.2, 0) is 0 Å². The van der Waals surface area contributed by atoms with Crippen LogP contribution in [0.5, 0.6) is 0 Å². The van der Waals surface area contributed by atoms with E-state index in [9.17, 15) is 0 Å².